The second kappa shape index (κ2) is 5.40. The number of rotatable bonds is 4. The zero-order chi connectivity index (χ0) is 15.6. The van der Waals surface area contributed by atoms with E-state index in [4.69, 9.17) is 5.11 Å². The molecule has 0 aliphatic heterocycles. The van der Waals surface area contributed by atoms with Crippen molar-refractivity contribution >= 4 is 11.9 Å². The zero-order valence-electron chi connectivity index (χ0n) is 12.1. The van der Waals surface area contributed by atoms with Gasteiger partial charge in [-0.05, 0) is 50.6 Å². The second-order valence-electron chi connectivity index (χ2n) is 5.34. The van der Waals surface area contributed by atoms with Gasteiger partial charge in [0.05, 0.1) is 5.69 Å². The van der Waals surface area contributed by atoms with Crippen molar-refractivity contribution in [1.29, 1.82) is 0 Å². The largest absolute Gasteiger partial charge is 0.480 e. The molecule has 0 aliphatic rings. The highest BCUT2D eigenvalue weighted by Gasteiger charge is 2.29. The van der Waals surface area contributed by atoms with Crippen LogP contribution in [0.2, 0.25) is 0 Å². The van der Waals surface area contributed by atoms with E-state index in [0.29, 0.717) is 5.56 Å². The van der Waals surface area contributed by atoms with Gasteiger partial charge in [-0.1, -0.05) is 0 Å². The van der Waals surface area contributed by atoms with Crippen molar-refractivity contribution in [3.05, 3.63) is 47.8 Å². The van der Waals surface area contributed by atoms with Crippen LogP contribution in [0.25, 0.3) is 5.69 Å². The summed E-state index contributed by atoms with van der Waals surface area (Å²) >= 11 is 0. The first-order valence-corrected chi connectivity index (χ1v) is 6.48. The van der Waals surface area contributed by atoms with Crippen molar-refractivity contribution < 1.29 is 14.7 Å². The van der Waals surface area contributed by atoms with Gasteiger partial charge in [0.25, 0.3) is 5.91 Å². The van der Waals surface area contributed by atoms with Crippen molar-refractivity contribution in [3.63, 3.8) is 0 Å². The van der Waals surface area contributed by atoms with Crippen molar-refractivity contribution in [2.24, 2.45) is 0 Å². The van der Waals surface area contributed by atoms with Crippen LogP contribution < -0.4 is 5.32 Å². The van der Waals surface area contributed by atoms with Crippen LogP contribution in [-0.2, 0) is 4.79 Å². The van der Waals surface area contributed by atoms with Gasteiger partial charge in [0.15, 0.2) is 0 Å². The van der Waals surface area contributed by atoms with E-state index in [1.807, 2.05) is 19.2 Å². The number of aliphatic carboxylic acids is 1. The maximum absolute atomic E-state index is 12.1. The van der Waals surface area contributed by atoms with Gasteiger partial charge in [0.2, 0.25) is 0 Å². The van der Waals surface area contributed by atoms with E-state index < -0.39 is 17.4 Å². The number of amides is 1. The maximum Gasteiger partial charge on any atom is 0.328 e. The molecule has 110 valence electrons. The Morgan fingerprint density at radius 2 is 2.05 bits per heavy atom. The van der Waals surface area contributed by atoms with E-state index in [1.165, 1.54) is 13.8 Å². The lowest BCUT2D eigenvalue weighted by Crippen LogP contribution is -2.49. The van der Waals surface area contributed by atoms with Gasteiger partial charge in [-0.2, -0.15) is 5.10 Å². The summed E-state index contributed by atoms with van der Waals surface area (Å²) in [5.41, 5.74) is 0.845. The average molecular weight is 287 g/mol. The molecule has 0 bridgehead atoms. The Balaban J connectivity index is 2.24. The lowest BCUT2D eigenvalue weighted by molar-refractivity contribution is -0.143. The van der Waals surface area contributed by atoms with Crippen molar-refractivity contribution in [2.75, 3.05) is 0 Å². The van der Waals surface area contributed by atoms with Crippen LogP contribution in [0.3, 0.4) is 0 Å². The van der Waals surface area contributed by atoms with E-state index in [9.17, 15) is 9.59 Å². The zero-order valence-corrected chi connectivity index (χ0v) is 12.1. The molecule has 6 nitrogen and oxygen atoms in total. The van der Waals surface area contributed by atoms with Crippen molar-refractivity contribution in [3.8, 4) is 5.69 Å². The minimum Gasteiger partial charge on any atom is -0.480 e. The van der Waals surface area contributed by atoms with Gasteiger partial charge in [-0.25, -0.2) is 9.48 Å². The molecule has 0 unspecified atom stereocenters. The SMILES string of the molecule is Cc1cc(C(=O)NC(C)(C)C(=O)O)ccc1-n1cccn1. The predicted molar refractivity (Wildman–Crippen MR) is 77.5 cm³/mol. The fourth-order valence-electron chi connectivity index (χ4n) is 1.87. The van der Waals surface area contributed by atoms with E-state index in [0.717, 1.165) is 11.3 Å². The molecule has 0 fully saturated rings. The minimum absolute atomic E-state index is 0.415. The Morgan fingerprint density at radius 3 is 2.57 bits per heavy atom. The van der Waals surface area contributed by atoms with Crippen LogP contribution in [0.5, 0.6) is 0 Å². The van der Waals surface area contributed by atoms with Crippen LogP contribution >= 0.6 is 0 Å². The predicted octanol–water partition coefficient (Wildman–Crippen LogP) is 1.77. The minimum atomic E-state index is -1.31. The third-order valence-corrected chi connectivity index (χ3v) is 3.17. The Kier molecular flexibility index (Phi) is 3.80. The number of carboxylic acid groups (broad SMARTS) is 1. The summed E-state index contributed by atoms with van der Waals surface area (Å²) in [6.45, 7) is 4.76. The van der Waals surface area contributed by atoms with Gasteiger partial charge < -0.3 is 10.4 Å². The van der Waals surface area contributed by atoms with E-state index in [2.05, 4.69) is 10.4 Å². The molecule has 0 atom stereocenters. The molecule has 0 radical (unpaired) electrons. The fourth-order valence-corrected chi connectivity index (χ4v) is 1.87. The molecule has 0 saturated carbocycles. The number of nitrogens with zero attached hydrogens (tertiary/aromatic N) is 2. The molecular formula is C15H17N3O3. The topological polar surface area (TPSA) is 84.2 Å². The van der Waals surface area contributed by atoms with Crippen molar-refractivity contribution in [1.82, 2.24) is 15.1 Å². The summed E-state index contributed by atoms with van der Waals surface area (Å²) in [6, 6.07) is 6.96. The quantitative estimate of drug-likeness (QED) is 0.897. The lowest BCUT2D eigenvalue weighted by atomic mass is 10.0. The van der Waals surface area contributed by atoms with Gasteiger partial charge in [-0.15, -0.1) is 0 Å². The highest BCUT2D eigenvalue weighted by Crippen LogP contribution is 2.16. The molecule has 21 heavy (non-hydrogen) atoms. The van der Waals surface area contributed by atoms with Gasteiger partial charge in [0, 0.05) is 18.0 Å². The fraction of sp³-hybridized carbons (Fsp3) is 0.267. The number of aryl methyl sites for hydroxylation is 1. The molecular weight excluding hydrogens is 270 g/mol. The van der Waals surface area contributed by atoms with Crippen LogP contribution in [0.4, 0.5) is 0 Å². The van der Waals surface area contributed by atoms with Gasteiger partial charge >= 0.3 is 5.97 Å². The summed E-state index contributed by atoms with van der Waals surface area (Å²) in [4.78, 5) is 23.2. The monoisotopic (exact) mass is 287 g/mol. The third-order valence-electron chi connectivity index (χ3n) is 3.17. The van der Waals surface area contributed by atoms with Crippen LogP contribution in [-0.4, -0.2) is 32.3 Å². The Bertz CT molecular complexity index is 675. The summed E-state index contributed by atoms with van der Waals surface area (Å²) in [6.07, 6.45) is 3.49. The van der Waals surface area contributed by atoms with Gasteiger partial charge in [-0.3, -0.25) is 4.79 Å². The highest BCUT2D eigenvalue weighted by atomic mass is 16.4. The standard InChI is InChI=1S/C15H17N3O3/c1-10-9-11(13(19)17-15(2,3)14(20)21)5-6-12(10)18-8-4-7-16-18/h4-9H,1-3H3,(H,17,19)(H,20,21). The average Bonchev–Trinajstić information content (AvgIpc) is 2.91. The number of benzene rings is 1. The first-order chi connectivity index (χ1) is 9.81. The molecule has 2 aromatic rings. The summed E-state index contributed by atoms with van der Waals surface area (Å²) in [7, 11) is 0. The van der Waals surface area contributed by atoms with E-state index >= 15 is 0 Å². The molecule has 6 heteroatoms. The molecule has 1 aromatic heterocycles. The van der Waals surface area contributed by atoms with E-state index in [-0.39, 0.29) is 0 Å². The third kappa shape index (κ3) is 3.10. The number of hydrogen-bond acceptors (Lipinski definition) is 3. The molecule has 1 aromatic carbocycles. The lowest BCUT2D eigenvalue weighted by Gasteiger charge is -2.21. The summed E-state index contributed by atoms with van der Waals surface area (Å²) in [5.74, 6) is -1.50. The highest BCUT2D eigenvalue weighted by molar-refractivity contribution is 5.98. The maximum atomic E-state index is 12.1. The first-order valence-electron chi connectivity index (χ1n) is 6.48. The Hall–Kier alpha value is -2.63. The molecule has 2 N–H and O–H groups in total. The Morgan fingerprint density at radius 1 is 1.33 bits per heavy atom. The molecule has 0 saturated heterocycles. The smallest absolute Gasteiger partial charge is 0.328 e. The summed E-state index contributed by atoms with van der Waals surface area (Å²) in [5, 5.41) is 15.7. The number of aromatic nitrogens is 2. The molecule has 0 aliphatic carbocycles. The normalized spacial score (nSPS) is 11.2. The molecule has 1 amide bonds. The number of carbonyl (C=O) groups is 2. The number of nitrogens with one attached hydrogen (secondary N) is 1. The first kappa shape index (κ1) is 14.8. The Labute approximate surface area is 122 Å². The van der Waals surface area contributed by atoms with E-state index in [1.54, 1.807) is 29.1 Å². The molecule has 1 heterocycles. The number of carbonyl (C=O) groups excluding carboxylic acids is 1. The molecule has 2 rings (SSSR count). The summed E-state index contributed by atoms with van der Waals surface area (Å²) < 4.78 is 1.71. The van der Waals surface area contributed by atoms with Crippen molar-refractivity contribution in [2.45, 2.75) is 26.3 Å². The number of hydrogen-bond donors (Lipinski definition) is 2. The van der Waals surface area contributed by atoms with Gasteiger partial charge in [0.1, 0.15) is 5.54 Å². The second-order valence-corrected chi connectivity index (χ2v) is 5.34. The van der Waals surface area contributed by atoms with Crippen LogP contribution in [0.15, 0.2) is 36.7 Å². The van der Waals surface area contributed by atoms with Crippen LogP contribution in [0, 0.1) is 6.92 Å². The molecule has 0 spiro atoms. The van der Waals surface area contributed by atoms with Crippen LogP contribution in [0.1, 0.15) is 29.8 Å². The number of carboxylic acids is 1.